The third-order valence-corrected chi connectivity index (χ3v) is 3.28. The molecule has 0 aliphatic rings. The van der Waals surface area contributed by atoms with Crippen LogP contribution in [0, 0.1) is 6.92 Å². The quantitative estimate of drug-likeness (QED) is 0.647. The standard InChI is InChI=1S/C18H17ClN2O3/c1-13-11-15(19)8-9-16(13)24-12-18(23)21-20-17(22)10-7-14-5-3-2-4-6-14/h2-11H,12H2,1H3,(H,20,22)(H,21,23)/b10-7+. The lowest BCUT2D eigenvalue weighted by Crippen LogP contribution is -2.43. The summed E-state index contributed by atoms with van der Waals surface area (Å²) in [7, 11) is 0. The van der Waals surface area contributed by atoms with Crippen LogP contribution < -0.4 is 15.6 Å². The minimum Gasteiger partial charge on any atom is -0.483 e. The average Bonchev–Trinajstić information content (AvgIpc) is 2.58. The van der Waals surface area contributed by atoms with Gasteiger partial charge in [-0.15, -0.1) is 0 Å². The number of carbonyl (C=O) groups is 2. The highest BCUT2D eigenvalue weighted by Crippen LogP contribution is 2.21. The summed E-state index contributed by atoms with van der Waals surface area (Å²) in [6.45, 7) is 1.61. The van der Waals surface area contributed by atoms with Crippen molar-refractivity contribution in [3.05, 3.63) is 70.8 Å². The van der Waals surface area contributed by atoms with Crippen LogP contribution in [0.4, 0.5) is 0 Å². The summed E-state index contributed by atoms with van der Waals surface area (Å²) in [5, 5.41) is 0.599. The molecule has 5 nitrogen and oxygen atoms in total. The Balaban J connectivity index is 1.74. The van der Waals surface area contributed by atoms with Gasteiger partial charge in [-0.05, 0) is 42.3 Å². The summed E-state index contributed by atoms with van der Waals surface area (Å²) in [4.78, 5) is 23.3. The number of nitrogens with one attached hydrogen (secondary N) is 2. The number of hydrazine groups is 1. The Kier molecular flexibility index (Phi) is 6.40. The van der Waals surface area contributed by atoms with Crippen molar-refractivity contribution in [2.75, 3.05) is 6.61 Å². The predicted octanol–water partition coefficient (Wildman–Crippen LogP) is 2.89. The zero-order valence-electron chi connectivity index (χ0n) is 13.1. The van der Waals surface area contributed by atoms with Crippen LogP contribution in [0.25, 0.3) is 6.08 Å². The minimum atomic E-state index is -0.467. The molecule has 0 unspecified atom stereocenters. The van der Waals surface area contributed by atoms with Crippen LogP contribution in [0.3, 0.4) is 0 Å². The fourth-order valence-corrected chi connectivity index (χ4v) is 2.09. The van der Waals surface area contributed by atoms with Crippen molar-refractivity contribution in [2.24, 2.45) is 0 Å². The van der Waals surface area contributed by atoms with Crippen molar-refractivity contribution in [1.29, 1.82) is 0 Å². The smallest absolute Gasteiger partial charge is 0.276 e. The number of hydrogen-bond acceptors (Lipinski definition) is 3. The van der Waals surface area contributed by atoms with E-state index >= 15 is 0 Å². The second kappa shape index (κ2) is 8.74. The second-order valence-corrected chi connectivity index (χ2v) is 5.42. The molecule has 2 aromatic carbocycles. The van der Waals surface area contributed by atoms with Crippen molar-refractivity contribution in [3.63, 3.8) is 0 Å². The number of rotatable bonds is 5. The molecule has 2 amide bonds. The van der Waals surface area contributed by atoms with Gasteiger partial charge < -0.3 is 4.74 Å². The van der Waals surface area contributed by atoms with E-state index in [0.717, 1.165) is 11.1 Å². The zero-order valence-corrected chi connectivity index (χ0v) is 13.8. The summed E-state index contributed by atoms with van der Waals surface area (Å²) in [5.41, 5.74) is 6.28. The molecule has 0 radical (unpaired) electrons. The molecule has 0 atom stereocenters. The summed E-state index contributed by atoms with van der Waals surface area (Å²) in [5.74, 6) is -0.342. The van der Waals surface area contributed by atoms with E-state index in [1.165, 1.54) is 6.08 Å². The predicted molar refractivity (Wildman–Crippen MR) is 93.4 cm³/mol. The van der Waals surface area contributed by atoms with E-state index < -0.39 is 11.8 Å². The molecular formula is C18H17ClN2O3. The average molecular weight is 345 g/mol. The number of aryl methyl sites for hydroxylation is 1. The highest BCUT2D eigenvalue weighted by molar-refractivity contribution is 6.30. The van der Waals surface area contributed by atoms with Crippen molar-refractivity contribution in [2.45, 2.75) is 6.92 Å². The number of carbonyl (C=O) groups excluding carboxylic acids is 2. The Morgan fingerprint density at radius 2 is 1.88 bits per heavy atom. The monoisotopic (exact) mass is 344 g/mol. The van der Waals surface area contributed by atoms with Crippen LogP contribution in [0.5, 0.6) is 5.75 Å². The fraction of sp³-hybridized carbons (Fsp3) is 0.111. The van der Waals surface area contributed by atoms with Gasteiger partial charge in [0.15, 0.2) is 6.61 Å². The summed E-state index contributed by atoms with van der Waals surface area (Å²) >= 11 is 5.85. The van der Waals surface area contributed by atoms with Gasteiger partial charge in [-0.1, -0.05) is 41.9 Å². The van der Waals surface area contributed by atoms with Crippen LogP contribution in [0.1, 0.15) is 11.1 Å². The Hall–Kier alpha value is -2.79. The van der Waals surface area contributed by atoms with Gasteiger partial charge in [-0.3, -0.25) is 20.4 Å². The lowest BCUT2D eigenvalue weighted by Gasteiger charge is -2.09. The Labute approximate surface area is 145 Å². The molecule has 0 aliphatic carbocycles. The van der Waals surface area contributed by atoms with Gasteiger partial charge in [0.1, 0.15) is 5.75 Å². The summed E-state index contributed by atoms with van der Waals surface area (Å²) < 4.78 is 5.38. The fourth-order valence-electron chi connectivity index (χ4n) is 1.86. The lowest BCUT2D eigenvalue weighted by molar-refractivity contribution is -0.128. The first-order valence-electron chi connectivity index (χ1n) is 7.25. The van der Waals surface area contributed by atoms with Crippen LogP contribution in [0.2, 0.25) is 5.02 Å². The molecule has 2 aromatic rings. The molecule has 0 spiro atoms. The maximum Gasteiger partial charge on any atom is 0.276 e. The largest absolute Gasteiger partial charge is 0.483 e. The molecular weight excluding hydrogens is 328 g/mol. The van der Waals surface area contributed by atoms with Crippen LogP contribution in [0.15, 0.2) is 54.6 Å². The van der Waals surface area contributed by atoms with Gasteiger partial charge in [0, 0.05) is 11.1 Å². The molecule has 6 heteroatoms. The lowest BCUT2D eigenvalue weighted by atomic mass is 10.2. The molecule has 124 valence electrons. The number of benzene rings is 2. The number of ether oxygens (including phenoxy) is 1. The minimum absolute atomic E-state index is 0.217. The molecule has 0 saturated heterocycles. The van der Waals surface area contributed by atoms with E-state index in [2.05, 4.69) is 10.9 Å². The van der Waals surface area contributed by atoms with Crippen molar-refractivity contribution in [3.8, 4) is 5.75 Å². The number of halogens is 1. The Morgan fingerprint density at radius 1 is 1.12 bits per heavy atom. The normalized spacial score (nSPS) is 10.4. The SMILES string of the molecule is Cc1cc(Cl)ccc1OCC(=O)NNC(=O)/C=C/c1ccccc1. The van der Waals surface area contributed by atoms with E-state index in [9.17, 15) is 9.59 Å². The first-order chi connectivity index (χ1) is 11.5. The van der Waals surface area contributed by atoms with Gasteiger partial charge >= 0.3 is 0 Å². The summed E-state index contributed by atoms with van der Waals surface area (Å²) in [6.07, 6.45) is 2.98. The van der Waals surface area contributed by atoms with E-state index in [0.29, 0.717) is 10.8 Å². The van der Waals surface area contributed by atoms with Gasteiger partial charge in [-0.2, -0.15) is 0 Å². The zero-order chi connectivity index (χ0) is 17.4. The highest BCUT2D eigenvalue weighted by Gasteiger charge is 2.06. The van der Waals surface area contributed by atoms with E-state index in [-0.39, 0.29) is 6.61 Å². The maximum absolute atomic E-state index is 11.7. The number of amides is 2. The third kappa shape index (κ3) is 5.78. The van der Waals surface area contributed by atoms with Gasteiger partial charge in [0.25, 0.3) is 11.8 Å². The van der Waals surface area contributed by atoms with Crippen molar-refractivity contribution < 1.29 is 14.3 Å². The topological polar surface area (TPSA) is 67.4 Å². The van der Waals surface area contributed by atoms with Gasteiger partial charge in [-0.25, -0.2) is 0 Å². The van der Waals surface area contributed by atoms with Crippen molar-refractivity contribution >= 4 is 29.5 Å². The molecule has 0 bridgehead atoms. The van der Waals surface area contributed by atoms with E-state index in [1.54, 1.807) is 24.3 Å². The molecule has 0 aromatic heterocycles. The van der Waals surface area contributed by atoms with Crippen LogP contribution in [-0.2, 0) is 9.59 Å². The van der Waals surface area contributed by atoms with Crippen LogP contribution in [-0.4, -0.2) is 18.4 Å². The highest BCUT2D eigenvalue weighted by atomic mass is 35.5. The van der Waals surface area contributed by atoms with E-state index in [1.807, 2.05) is 37.3 Å². The Bertz CT molecular complexity index is 745. The molecule has 24 heavy (non-hydrogen) atoms. The van der Waals surface area contributed by atoms with Gasteiger partial charge in [0.2, 0.25) is 0 Å². The van der Waals surface area contributed by atoms with E-state index in [4.69, 9.17) is 16.3 Å². The van der Waals surface area contributed by atoms with Gasteiger partial charge in [0.05, 0.1) is 0 Å². The second-order valence-electron chi connectivity index (χ2n) is 4.98. The number of hydrogen-bond donors (Lipinski definition) is 2. The Morgan fingerprint density at radius 3 is 2.58 bits per heavy atom. The molecule has 0 saturated carbocycles. The van der Waals surface area contributed by atoms with Crippen molar-refractivity contribution in [1.82, 2.24) is 10.9 Å². The van der Waals surface area contributed by atoms with Crippen LogP contribution >= 0.6 is 11.6 Å². The summed E-state index contributed by atoms with van der Waals surface area (Å²) in [6, 6.07) is 14.5. The molecule has 0 aliphatic heterocycles. The molecule has 2 rings (SSSR count). The third-order valence-electron chi connectivity index (χ3n) is 3.05. The first-order valence-corrected chi connectivity index (χ1v) is 7.63. The maximum atomic E-state index is 11.7. The molecule has 0 heterocycles. The first kappa shape index (κ1) is 17.6. The molecule has 0 fully saturated rings. The molecule has 2 N–H and O–H groups in total.